The van der Waals surface area contributed by atoms with E-state index >= 15 is 0 Å². The van der Waals surface area contributed by atoms with Gasteiger partial charge in [0.15, 0.2) is 0 Å². The monoisotopic (exact) mass is 477 g/mol. The van der Waals surface area contributed by atoms with Crippen LogP contribution < -0.4 is 4.90 Å². The summed E-state index contributed by atoms with van der Waals surface area (Å²) in [6.45, 7) is 2.78. The smallest absolute Gasteiger partial charge is 0.413 e. The zero-order valence-electron chi connectivity index (χ0n) is 18.4. The summed E-state index contributed by atoms with van der Waals surface area (Å²) in [5.41, 5.74) is 1.54. The minimum atomic E-state index is -4.73. The fraction of sp³-hybridized carbons (Fsp3) is 0.348. The van der Waals surface area contributed by atoms with Crippen molar-refractivity contribution in [2.24, 2.45) is 0 Å². The molecule has 2 heterocycles. The summed E-state index contributed by atoms with van der Waals surface area (Å²) in [6.07, 6.45) is 2.31. The van der Waals surface area contributed by atoms with Gasteiger partial charge in [-0.05, 0) is 43.3 Å². The zero-order chi connectivity index (χ0) is 24.3. The van der Waals surface area contributed by atoms with Crippen LogP contribution in [0.5, 0.6) is 0 Å². The molecule has 1 aromatic carbocycles. The van der Waals surface area contributed by atoms with Crippen LogP contribution in [0.25, 0.3) is 5.57 Å². The number of piperazine rings is 1. The van der Waals surface area contributed by atoms with E-state index < -0.39 is 17.9 Å². The second kappa shape index (κ2) is 9.80. The largest absolute Gasteiger partial charge is 0.470 e. The Balaban J connectivity index is 1.58. The Hall–Kier alpha value is -3.47. The molecule has 1 saturated heterocycles. The van der Waals surface area contributed by atoms with Gasteiger partial charge in [-0.1, -0.05) is 24.3 Å². The van der Waals surface area contributed by atoms with Crippen LogP contribution in [0.1, 0.15) is 18.2 Å². The lowest BCUT2D eigenvalue weighted by Crippen LogP contribution is -2.52. The van der Waals surface area contributed by atoms with Gasteiger partial charge in [-0.2, -0.15) is 13.2 Å². The second-order valence-corrected chi connectivity index (χ2v) is 8.10. The molecule has 1 fully saturated rings. The summed E-state index contributed by atoms with van der Waals surface area (Å²) in [5, 5.41) is 6.54. The predicted molar refractivity (Wildman–Crippen MR) is 117 cm³/mol. The van der Waals surface area contributed by atoms with Gasteiger partial charge >= 0.3 is 18.1 Å². The number of carbonyl (C=O) groups is 1. The molecule has 7 nitrogen and oxygen atoms in total. The second-order valence-electron chi connectivity index (χ2n) is 8.10. The highest BCUT2D eigenvalue weighted by Gasteiger charge is 2.38. The number of aromatic nitrogens is 2. The highest BCUT2D eigenvalue weighted by atomic mass is 19.4. The first-order valence-electron chi connectivity index (χ1n) is 10.7. The molecule has 180 valence electrons. The lowest BCUT2D eigenvalue weighted by Gasteiger charge is -2.36. The molecule has 1 aromatic heterocycles. The maximum absolute atomic E-state index is 14.0. The van der Waals surface area contributed by atoms with Gasteiger partial charge in [0.2, 0.25) is 5.89 Å². The minimum absolute atomic E-state index is 0.181. The Kier molecular flexibility index (Phi) is 6.82. The molecule has 2 aromatic rings. The maximum Gasteiger partial charge on any atom is 0.470 e. The number of carbonyl (C=O) groups excluding carboxylic acids is 1. The van der Waals surface area contributed by atoms with Crippen LogP contribution in [-0.2, 0) is 6.18 Å². The van der Waals surface area contributed by atoms with E-state index in [-0.39, 0.29) is 18.5 Å². The molecule has 0 saturated carbocycles. The van der Waals surface area contributed by atoms with Gasteiger partial charge in [0.25, 0.3) is 0 Å². The summed E-state index contributed by atoms with van der Waals surface area (Å²) < 4.78 is 57.0. The molecule has 1 aliphatic heterocycles. The van der Waals surface area contributed by atoms with E-state index in [0.29, 0.717) is 30.8 Å². The number of benzene rings is 1. The quantitative estimate of drug-likeness (QED) is 0.612. The number of nitrogens with zero attached hydrogens (tertiary/aromatic N) is 5. The van der Waals surface area contributed by atoms with Gasteiger partial charge in [0.1, 0.15) is 5.82 Å². The summed E-state index contributed by atoms with van der Waals surface area (Å²) >= 11 is 0. The molecule has 0 N–H and O–H groups in total. The fourth-order valence-corrected chi connectivity index (χ4v) is 3.67. The highest BCUT2D eigenvalue weighted by Crippen LogP contribution is 2.30. The third-order valence-corrected chi connectivity index (χ3v) is 5.58. The summed E-state index contributed by atoms with van der Waals surface area (Å²) in [7, 11) is 1.99. The molecule has 4 rings (SSSR count). The van der Waals surface area contributed by atoms with Crippen LogP contribution in [0.15, 0.2) is 58.6 Å². The number of halogens is 4. The number of hydrogen-bond acceptors (Lipinski definition) is 5. The van der Waals surface area contributed by atoms with Crippen molar-refractivity contribution in [3.05, 3.63) is 71.7 Å². The first-order chi connectivity index (χ1) is 16.2. The molecule has 1 aliphatic carbocycles. The summed E-state index contributed by atoms with van der Waals surface area (Å²) in [6, 6.07) is 5.60. The maximum atomic E-state index is 14.0. The van der Waals surface area contributed by atoms with E-state index in [4.69, 9.17) is 4.42 Å². The number of hydrogen-bond donors (Lipinski definition) is 0. The Bertz CT molecular complexity index is 1130. The van der Waals surface area contributed by atoms with Crippen molar-refractivity contribution >= 4 is 17.3 Å². The third-order valence-electron chi connectivity index (χ3n) is 5.58. The van der Waals surface area contributed by atoms with Gasteiger partial charge in [-0.3, -0.25) is 4.90 Å². The van der Waals surface area contributed by atoms with Crippen LogP contribution in [0.2, 0.25) is 0 Å². The Morgan fingerprint density at radius 3 is 2.59 bits per heavy atom. The molecule has 0 unspecified atom stereocenters. The van der Waals surface area contributed by atoms with Crippen LogP contribution in [0.4, 0.5) is 28.0 Å². The van der Waals surface area contributed by atoms with E-state index in [9.17, 15) is 22.4 Å². The number of rotatable bonds is 4. The molecular weight excluding hydrogens is 454 g/mol. The molecule has 2 aliphatic rings. The number of amides is 2. The predicted octanol–water partition coefficient (Wildman–Crippen LogP) is 4.37. The molecule has 11 heteroatoms. The minimum Gasteiger partial charge on any atom is -0.413 e. The first kappa shape index (κ1) is 23.7. The fourth-order valence-electron chi connectivity index (χ4n) is 3.67. The molecule has 34 heavy (non-hydrogen) atoms. The molecule has 0 atom stereocenters. The van der Waals surface area contributed by atoms with Gasteiger partial charge < -0.3 is 14.2 Å². The summed E-state index contributed by atoms with van der Waals surface area (Å²) in [4.78, 5) is 18.7. The van der Waals surface area contributed by atoms with Crippen molar-refractivity contribution < 1.29 is 26.8 Å². The molecule has 0 spiro atoms. The average Bonchev–Trinajstić information content (AvgIpc) is 3.19. The van der Waals surface area contributed by atoms with Crippen molar-refractivity contribution in [3.8, 4) is 0 Å². The lowest BCUT2D eigenvalue weighted by molar-refractivity contribution is -0.157. The first-order valence-corrected chi connectivity index (χ1v) is 10.7. The normalized spacial score (nSPS) is 17.3. The molecule has 2 amide bonds. The Morgan fingerprint density at radius 2 is 1.91 bits per heavy atom. The highest BCUT2D eigenvalue weighted by molar-refractivity contribution is 5.92. The van der Waals surface area contributed by atoms with Gasteiger partial charge in [-0.25, -0.2) is 9.18 Å². The topological polar surface area (TPSA) is 65.7 Å². The van der Waals surface area contributed by atoms with Crippen molar-refractivity contribution in [1.82, 2.24) is 20.0 Å². The van der Waals surface area contributed by atoms with E-state index in [1.807, 2.05) is 7.05 Å². The average molecular weight is 477 g/mol. The molecule has 0 bridgehead atoms. The van der Waals surface area contributed by atoms with Crippen LogP contribution in [0.3, 0.4) is 0 Å². The number of urea groups is 1. The van der Waals surface area contributed by atoms with E-state index in [2.05, 4.69) is 15.1 Å². The number of anilines is 1. The number of alkyl halides is 3. The standard InChI is InChI=1S/C23H23F4N5O2/c1-30-10-12-31(13-11-30)22(33)32(19-7-3-6-18(24)14-19)15-16-4-2-5-17(9-8-16)20-28-29-21(34-20)23(25,26)27/h2-3,5-9,14H,4,10-13,15H2,1H3. The number of likely N-dealkylation sites (N-methyl/N-ethyl adjacent to an activating group) is 1. The van der Waals surface area contributed by atoms with Gasteiger partial charge in [0.05, 0.1) is 0 Å². The van der Waals surface area contributed by atoms with E-state index in [1.165, 1.54) is 17.0 Å². The van der Waals surface area contributed by atoms with Crippen LogP contribution >= 0.6 is 0 Å². The van der Waals surface area contributed by atoms with E-state index in [1.54, 1.807) is 41.3 Å². The molecule has 0 radical (unpaired) electrons. The lowest BCUT2D eigenvalue weighted by atomic mass is 10.1. The summed E-state index contributed by atoms with van der Waals surface area (Å²) in [5.74, 6) is -2.13. The van der Waals surface area contributed by atoms with E-state index in [0.717, 1.165) is 18.7 Å². The van der Waals surface area contributed by atoms with Crippen molar-refractivity contribution in [1.29, 1.82) is 0 Å². The Morgan fingerprint density at radius 1 is 1.15 bits per heavy atom. The van der Waals surface area contributed by atoms with Crippen molar-refractivity contribution in [3.63, 3.8) is 0 Å². The van der Waals surface area contributed by atoms with Gasteiger partial charge in [-0.15, -0.1) is 10.2 Å². The number of allylic oxidation sites excluding steroid dienone is 5. The van der Waals surface area contributed by atoms with Crippen molar-refractivity contribution in [2.75, 3.05) is 44.7 Å². The van der Waals surface area contributed by atoms with Crippen molar-refractivity contribution in [2.45, 2.75) is 12.6 Å². The zero-order valence-corrected chi connectivity index (χ0v) is 18.4. The van der Waals surface area contributed by atoms with Crippen LogP contribution in [-0.4, -0.2) is 65.8 Å². The molecular formula is C23H23F4N5O2. The van der Waals surface area contributed by atoms with Gasteiger partial charge in [0, 0.05) is 44.0 Å². The SMILES string of the molecule is CN1CCN(C(=O)N(CC2=CC=C(c3nnc(C(F)(F)F)o3)C=CC2)c2cccc(F)c2)CC1. The third kappa shape index (κ3) is 5.53. The Labute approximate surface area is 193 Å². The van der Waals surface area contributed by atoms with Crippen LogP contribution in [0, 0.1) is 5.82 Å².